The van der Waals surface area contributed by atoms with Crippen LogP contribution in [0.1, 0.15) is 44.1 Å². The summed E-state index contributed by atoms with van der Waals surface area (Å²) >= 11 is 0. The van der Waals surface area contributed by atoms with Crippen LogP contribution in [-0.4, -0.2) is 28.1 Å². The largest absolute Gasteiger partial charge is 0.394 e. The van der Waals surface area contributed by atoms with Crippen molar-refractivity contribution in [2.75, 3.05) is 6.61 Å². The zero-order chi connectivity index (χ0) is 22.0. The van der Waals surface area contributed by atoms with Crippen molar-refractivity contribution in [2.45, 2.75) is 44.1 Å². The second-order valence-electron chi connectivity index (χ2n) is 9.29. The fourth-order valence-corrected chi connectivity index (χ4v) is 4.79. The first-order chi connectivity index (χ1) is 14.7. The monoisotopic (exact) mass is 428 g/mol. The lowest BCUT2D eigenvalue weighted by atomic mass is 9.60. The summed E-state index contributed by atoms with van der Waals surface area (Å²) in [4.78, 5) is 15.9. The second-order valence-corrected chi connectivity index (χ2v) is 9.29. The molecule has 5 rings (SSSR count). The van der Waals surface area contributed by atoms with Gasteiger partial charge in [0.25, 0.3) is 0 Å². The number of halogens is 3. The first kappa shape index (κ1) is 20.1. The minimum atomic E-state index is -0.692. The van der Waals surface area contributed by atoms with Gasteiger partial charge in [0.2, 0.25) is 5.91 Å². The molecule has 0 atom stereocenters. The van der Waals surface area contributed by atoms with Crippen LogP contribution in [0.25, 0.3) is 22.2 Å². The third kappa shape index (κ3) is 3.31. The zero-order valence-corrected chi connectivity index (χ0v) is 17.1. The number of carbonyl (C=O) groups is 1. The molecule has 3 N–H and O–H groups in total. The van der Waals surface area contributed by atoms with Gasteiger partial charge in [0, 0.05) is 16.9 Å². The SMILES string of the molecule is CC1(C(=O)NC2(CO)CC2)CC(c2c(-c3ccc(F)cc3)[nH]c3c(F)cc(F)cc23)C1. The van der Waals surface area contributed by atoms with Crippen LogP contribution in [0.15, 0.2) is 36.4 Å². The van der Waals surface area contributed by atoms with E-state index >= 15 is 0 Å². The quantitative estimate of drug-likeness (QED) is 0.548. The number of aromatic amines is 1. The van der Waals surface area contributed by atoms with E-state index in [1.54, 1.807) is 12.1 Å². The Morgan fingerprint density at radius 1 is 1.13 bits per heavy atom. The maximum Gasteiger partial charge on any atom is 0.226 e. The summed E-state index contributed by atoms with van der Waals surface area (Å²) in [7, 11) is 0. The Labute approximate surface area is 177 Å². The molecule has 1 amide bonds. The van der Waals surface area contributed by atoms with E-state index in [1.807, 2.05) is 6.92 Å². The van der Waals surface area contributed by atoms with E-state index in [0.717, 1.165) is 24.5 Å². The van der Waals surface area contributed by atoms with Crippen LogP contribution in [0.2, 0.25) is 0 Å². The summed E-state index contributed by atoms with van der Waals surface area (Å²) in [6.45, 7) is 1.80. The number of aliphatic hydroxyl groups is 1. The zero-order valence-electron chi connectivity index (χ0n) is 17.1. The lowest BCUT2D eigenvalue weighted by Crippen LogP contribution is -2.51. The topological polar surface area (TPSA) is 65.1 Å². The number of nitrogens with one attached hydrogen (secondary N) is 2. The first-order valence-corrected chi connectivity index (χ1v) is 10.4. The van der Waals surface area contributed by atoms with Crippen LogP contribution in [0.3, 0.4) is 0 Å². The summed E-state index contributed by atoms with van der Waals surface area (Å²) in [5.74, 6) is -1.94. The summed E-state index contributed by atoms with van der Waals surface area (Å²) in [5.41, 5.74) is 1.12. The number of amides is 1. The highest BCUT2D eigenvalue weighted by Crippen LogP contribution is 2.55. The Morgan fingerprint density at radius 3 is 2.42 bits per heavy atom. The highest BCUT2D eigenvalue weighted by atomic mass is 19.1. The molecule has 2 aliphatic rings. The maximum absolute atomic E-state index is 14.5. The number of rotatable bonds is 5. The van der Waals surface area contributed by atoms with Gasteiger partial charge in [0.15, 0.2) is 0 Å². The van der Waals surface area contributed by atoms with Gasteiger partial charge in [-0.3, -0.25) is 4.79 Å². The Bertz CT molecular complexity index is 1180. The van der Waals surface area contributed by atoms with E-state index in [0.29, 0.717) is 29.5 Å². The molecule has 2 aromatic carbocycles. The second kappa shape index (κ2) is 6.85. The summed E-state index contributed by atoms with van der Waals surface area (Å²) in [6.07, 6.45) is 2.56. The molecule has 1 heterocycles. The molecular formula is C24H23F3N2O2. The van der Waals surface area contributed by atoms with Crippen molar-refractivity contribution in [1.82, 2.24) is 10.3 Å². The fraction of sp³-hybridized carbons (Fsp3) is 0.375. The molecule has 7 heteroatoms. The van der Waals surface area contributed by atoms with Crippen molar-refractivity contribution >= 4 is 16.8 Å². The van der Waals surface area contributed by atoms with Gasteiger partial charge in [-0.1, -0.05) is 6.92 Å². The lowest BCUT2D eigenvalue weighted by Gasteiger charge is -2.45. The van der Waals surface area contributed by atoms with Gasteiger partial charge in [-0.15, -0.1) is 0 Å². The van der Waals surface area contributed by atoms with Gasteiger partial charge in [-0.2, -0.15) is 0 Å². The van der Waals surface area contributed by atoms with Crippen LogP contribution in [0.5, 0.6) is 0 Å². The summed E-state index contributed by atoms with van der Waals surface area (Å²) in [5, 5.41) is 12.9. The molecule has 2 fully saturated rings. The Balaban J connectivity index is 1.51. The summed E-state index contributed by atoms with van der Waals surface area (Å²) < 4.78 is 42.0. The predicted octanol–water partition coefficient (Wildman–Crippen LogP) is 4.78. The first-order valence-electron chi connectivity index (χ1n) is 10.4. The van der Waals surface area contributed by atoms with E-state index in [9.17, 15) is 23.1 Å². The van der Waals surface area contributed by atoms with Gasteiger partial charge in [-0.05, 0) is 73.1 Å². The van der Waals surface area contributed by atoms with Gasteiger partial charge >= 0.3 is 0 Å². The molecule has 1 aromatic heterocycles. The molecule has 0 bridgehead atoms. The highest BCUT2D eigenvalue weighted by molar-refractivity contribution is 5.93. The van der Waals surface area contributed by atoms with Gasteiger partial charge in [-0.25, -0.2) is 13.2 Å². The number of fused-ring (bicyclic) bond motifs is 1. The number of hydrogen-bond donors (Lipinski definition) is 3. The molecular weight excluding hydrogens is 405 g/mol. The van der Waals surface area contributed by atoms with Crippen molar-refractivity contribution in [1.29, 1.82) is 0 Å². The molecule has 0 radical (unpaired) electrons. The van der Waals surface area contributed by atoms with E-state index < -0.39 is 22.6 Å². The van der Waals surface area contributed by atoms with E-state index in [-0.39, 0.29) is 29.8 Å². The minimum Gasteiger partial charge on any atom is -0.394 e. The van der Waals surface area contributed by atoms with Crippen molar-refractivity contribution in [3.05, 3.63) is 59.4 Å². The summed E-state index contributed by atoms with van der Waals surface area (Å²) in [6, 6.07) is 7.98. The molecule has 3 aromatic rings. The third-order valence-electron chi connectivity index (χ3n) is 6.88. The van der Waals surface area contributed by atoms with Crippen LogP contribution < -0.4 is 5.32 Å². The number of carbonyl (C=O) groups excluding carboxylic acids is 1. The van der Waals surface area contributed by atoms with Gasteiger partial charge in [0.05, 0.1) is 23.4 Å². The predicted molar refractivity (Wildman–Crippen MR) is 111 cm³/mol. The van der Waals surface area contributed by atoms with E-state index in [4.69, 9.17) is 0 Å². The Hall–Kier alpha value is -2.80. The maximum atomic E-state index is 14.5. The molecule has 0 aliphatic heterocycles. The molecule has 0 spiro atoms. The van der Waals surface area contributed by atoms with Crippen molar-refractivity contribution in [3.8, 4) is 11.3 Å². The van der Waals surface area contributed by atoms with Crippen molar-refractivity contribution < 1.29 is 23.1 Å². The lowest BCUT2D eigenvalue weighted by molar-refractivity contribution is -0.137. The molecule has 2 saturated carbocycles. The van der Waals surface area contributed by atoms with Crippen LogP contribution in [0.4, 0.5) is 13.2 Å². The molecule has 2 aliphatic carbocycles. The number of H-pyrrole nitrogens is 1. The Morgan fingerprint density at radius 2 is 1.81 bits per heavy atom. The van der Waals surface area contributed by atoms with E-state index in [2.05, 4.69) is 10.3 Å². The average Bonchev–Trinajstić information content (AvgIpc) is 3.38. The number of hydrogen-bond acceptors (Lipinski definition) is 2. The standard InChI is InChI=1S/C24H23F3N2O2/c1-23(22(31)29-24(12-30)6-7-24)10-14(11-23)19-17-8-16(26)9-18(27)21(17)28-20(19)13-2-4-15(25)5-3-13/h2-5,8-9,14,28,30H,6-7,10-12H2,1H3,(H,29,31). The molecule has 0 unspecified atom stereocenters. The smallest absolute Gasteiger partial charge is 0.226 e. The molecule has 31 heavy (non-hydrogen) atoms. The van der Waals surface area contributed by atoms with E-state index in [1.165, 1.54) is 18.2 Å². The van der Waals surface area contributed by atoms with Crippen molar-refractivity contribution in [3.63, 3.8) is 0 Å². The minimum absolute atomic E-state index is 0.0754. The number of benzene rings is 2. The fourth-order valence-electron chi connectivity index (χ4n) is 4.79. The number of aromatic nitrogens is 1. The Kier molecular flexibility index (Phi) is 4.45. The molecule has 4 nitrogen and oxygen atoms in total. The van der Waals surface area contributed by atoms with Crippen molar-refractivity contribution in [2.24, 2.45) is 5.41 Å². The third-order valence-corrected chi connectivity index (χ3v) is 6.88. The van der Waals surface area contributed by atoms with Crippen LogP contribution in [-0.2, 0) is 4.79 Å². The van der Waals surface area contributed by atoms with Gasteiger partial charge < -0.3 is 15.4 Å². The molecule has 0 saturated heterocycles. The van der Waals surface area contributed by atoms with Crippen LogP contribution in [0, 0.1) is 22.9 Å². The van der Waals surface area contributed by atoms with Gasteiger partial charge in [0.1, 0.15) is 17.5 Å². The normalized spacial score (nSPS) is 24.1. The molecule has 162 valence electrons. The number of aliphatic hydroxyl groups excluding tert-OH is 1. The average molecular weight is 428 g/mol. The highest BCUT2D eigenvalue weighted by Gasteiger charge is 2.52. The van der Waals surface area contributed by atoms with Crippen LogP contribution >= 0.6 is 0 Å².